The van der Waals surface area contributed by atoms with E-state index >= 15 is 0 Å². The van der Waals surface area contributed by atoms with E-state index in [9.17, 15) is 0 Å². The third kappa shape index (κ3) is 1.96. The van der Waals surface area contributed by atoms with Crippen LogP contribution in [0.15, 0.2) is 53.5 Å². The minimum Gasteiger partial charge on any atom is -0.456 e. The zero-order valence-corrected chi connectivity index (χ0v) is 10.6. The third-order valence-corrected chi connectivity index (χ3v) is 3.21. The minimum atomic E-state index is 0.486. The second-order valence-corrected chi connectivity index (χ2v) is 4.42. The van der Waals surface area contributed by atoms with Crippen molar-refractivity contribution < 1.29 is 4.42 Å². The van der Waals surface area contributed by atoms with Crippen LogP contribution in [0.5, 0.6) is 0 Å². The molecular formula is C17H15NO. The van der Waals surface area contributed by atoms with Crippen molar-refractivity contribution in [3.63, 3.8) is 0 Å². The van der Waals surface area contributed by atoms with E-state index in [1.54, 1.807) is 6.08 Å². The van der Waals surface area contributed by atoms with Gasteiger partial charge in [0.15, 0.2) is 0 Å². The van der Waals surface area contributed by atoms with Gasteiger partial charge in [-0.25, -0.2) is 0 Å². The molecule has 0 amide bonds. The van der Waals surface area contributed by atoms with Crippen molar-refractivity contribution in [1.29, 1.82) is 0 Å². The van der Waals surface area contributed by atoms with E-state index in [-0.39, 0.29) is 0 Å². The lowest BCUT2D eigenvalue weighted by Crippen LogP contribution is -2.21. The fraction of sp³-hybridized carbons (Fsp3) is 0.0588. The number of nitrogens with two attached hydrogens (primary N) is 1. The largest absolute Gasteiger partial charge is 0.456 e. The Balaban J connectivity index is 2.51. The number of hydrogen-bond acceptors (Lipinski definition) is 2. The number of hydrogen-bond donors (Lipinski definition) is 1. The summed E-state index contributed by atoms with van der Waals surface area (Å²) >= 11 is 0. The van der Waals surface area contributed by atoms with Gasteiger partial charge in [0.1, 0.15) is 11.0 Å². The molecule has 0 atom stereocenters. The Bertz CT molecular complexity index is 871. The minimum absolute atomic E-state index is 0.486. The van der Waals surface area contributed by atoms with Crippen molar-refractivity contribution in [2.75, 3.05) is 6.54 Å². The molecule has 0 aliphatic carbocycles. The summed E-state index contributed by atoms with van der Waals surface area (Å²) < 4.78 is 5.89. The summed E-state index contributed by atoms with van der Waals surface area (Å²) in [6.45, 7) is 4.21. The molecule has 2 N–H and O–H groups in total. The Morgan fingerprint density at radius 3 is 2.58 bits per heavy atom. The Hall–Kier alpha value is -2.32. The molecule has 94 valence electrons. The van der Waals surface area contributed by atoms with Gasteiger partial charge in [0.25, 0.3) is 0 Å². The molecule has 2 heteroatoms. The maximum atomic E-state index is 5.89. The molecule has 0 spiro atoms. The monoisotopic (exact) mass is 249 g/mol. The van der Waals surface area contributed by atoms with Gasteiger partial charge >= 0.3 is 0 Å². The molecule has 3 rings (SSSR count). The Morgan fingerprint density at radius 1 is 1.16 bits per heavy atom. The van der Waals surface area contributed by atoms with E-state index in [0.717, 1.165) is 21.6 Å². The van der Waals surface area contributed by atoms with Gasteiger partial charge in [-0.1, -0.05) is 43.0 Å². The van der Waals surface area contributed by atoms with Gasteiger partial charge in [-0.05, 0) is 29.0 Å². The first-order valence-corrected chi connectivity index (χ1v) is 6.28. The van der Waals surface area contributed by atoms with Crippen LogP contribution < -0.4 is 16.4 Å². The van der Waals surface area contributed by atoms with Crippen LogP contribution in [0.1, 0.15) is 0 Å². The van der Waals surface area contributed by atoms with Gasteiger partial charge in [0, 0.05) is 17.1 Å². The molecule has 0 saturated heterocycles. The molecule has 0 fully saturated rings. The van der Waals surface area contributed by atoms with Gasteiger partial charge in [0.05, 0.1) is 0 Å². The average Bonchev–Trinajstić information content (AvgIpc) is 2.75. The number of allylic oxidation sites excluding steroid dienone is 1. The fourth-order valence-corrected chi connectivity index (χ4v) is 2.38. The summed E-state index contributed by atoms with van der Waals surface area (Å²) in [6, 6.07) is 12.5. The molecule has 0 saturated carbocycles. The predicted octanol–water partition coefficient (Wildman–Crippen LogP) is 2.29. The second-order valence-electron chi connectivity index (χ2n) is 4.42. The van der Waals surface area contributed by atoms with E-state index < -0.39 is 0 Å². The first-order chi connectivity index (χ1) is 9.33. The van der Waals surface area contributed by atoms with Crippen LogP contribution in [0, 0.1) is 0 Å². The summed E-state index contributed by atoms with van der Waals surface area (Å²) in [5.41, 5.74) is 7.34. The highest BCUT2D eigenvalue weighted by Gasteiger charge is 2.04. The van der Waals surface area contributed by atoms with Crippen molar-refractivity contribution in [3.05, 3.63) is 59.7 Å². The van der Waals surface area contributed by atoms with Crippen molar-refractivity contribution in [2.45, 2.75) is 0 Å². The number of benzene rings is 2. The molecule has 0 aliphatic rings. The lowest BCUT2D eigenvalue weighted by Gasteiger charge is -1.96. The molecule has 0 unspecified atom stereocenters. The first-order valence-electron chi connectivity index (χ1n) is 6.28. The second kappa shape index (κ2) is 4.75. The van der Waals surface area contributed by atoms with Gasteiger partial charge in [-0.3, -0.25) is 0 Å². The highest BCUT2D eigenvalue weighted by Crippen LogP contribution is 2.19. The smallest absolute Gasteiger partial charge is 0.136 e. The molecule has 0 bridgehead atoms. The van der Waals surface area contributed by atoms with E-state index in [2.05, 4.69) is 30.8 Å². The average molecular weight is 249 g/mol. The Kier molecular flexibility index (Phi) is 2.94. The SMILES string of the molecule is C=C/C=c1/oc2cc3ccccc3cc2/c1=C/CN. The van der Waals surface area contributed by atoms with Gasteiger partial charge in [-0.2, -0.15) is 0 Å². The Morgan fingerprint density at radius 2 is 1.89 bits per heavy atom. The van der Waals surface area contributed by atoms with Crippen LogP contribution in [-0.2, 0) is 0 Å². The topological polar surface area (TPSA) is 39.2 Å². The zero-order chi connectivity index (χ0) is 13.2. The zero-order valence-electron chi connectivity index (χ0n) is 10.6. The molecule has 2 nitrogen and oxygen atoms in total. The summed E-state index contributed by atoms with van der Waals surface area (Å²) in [5.74, 6) is 0. The van der Waals surface area contributed by atoms with Crippen LogP contribution in [0.25, 0.3) is 33.9 Å². The maximum Gasteiger partial charge on any atom is 0.136 e. The van der Waals surface area contributed by atoms with Crippen molar-refractivity contribution in [2.24, 2.45) is 5.73 Å². The maximum absolute atomic E-state index is 5.89. The number of rotatable bonds is 2. The lowest BCUT2D eigenvalue weighted by molar-refractivity contribution is 0.576. The molecule has 2 aromatic carbocycles. The van der Waals surface area contributed by atoms with Crippen LogP contribution in [0.3, 0.4) is 0 Å². The Labute approximate surface area is 111 Å². The molecule has 0 aliphatic heterocycles. The molecular weight excluding hydrogens is 234 g/mol. The predicted molar refractivity (Wildman–Crippen MR) is 81.2 cm³/mol. The highest BCUT2D eigenvalue weighted by atomic mass is 16.3. The van der Waals surface area contributed by atoms with E-state index in [1.807, 2.05) is 24.3 Å². The van der Waals surface area contributed by atoms with Crippen LogP contribution in [-0.4, -0.2) is 6.54 Å². The van der Waals surface area contributed by atoms with Gasteiger partial charge < -0.3 is 10.2 Å². The van der Waals surface area contributed by atoms with Crippen molar-refractivity contribution >= 4 is 33.9 Å². The molecule has 1 aromatic heterocycles. The third-order valence-electron chi connectivity index (χ3n) is 3.21. The van der Waals surface area contributed by atoms with Gasteiger partial charge in [-0.15, -0.1) is 0 Å². The first kappa shape index (κ1) is 11.8. The molecule has 0 radical (unpaired) electrons. The summed E-state index contributed by atoms with van der Waals surface area (Å²) in [4.78, 5) is 0. The lowest BCUT2D eigenvalue weighted by atomic mass is 10.1. The van der Waals surface area contributed by atoms with Crippen molar-refractivity contribution in [1.82, 2.24) is 0 Å². The standard InChI is InChI=1S/C17H15NO/c1-2-5-16-14(8-9-18)15-10-12-6-3-4-7-13(12)11-17(15)19-16/h2-8,10-11H,1,9,18H2/b14-8-,16-5+. The quantitative estimate of drug-likeness (QED) is 0.757. The summed E-state index contributed by atoms with van der Waals surface area (Å²) in [5, 5.41) is 4.52. The van der Waals surface area contributed by atoms with Crippen LogP contribution >= 0.6 is 0 Å². The van der Waals surface area contributed by atoms with Crippen LogP contribution in [0.2, 0.25) is 0 Å². The van der Waals surface area contributed by atoms with E-state index in [1.165, 1.54) is 10.8 Å². The highest BCUT2D eigenvalue weighted by molar-refractivity contribution is 5.96. The normalized spacial score (nSPS) is 13.5. The van der Waals surface area contributed by atoms with Gasteiger partial charge in [0.2, 0.25) is 0 Å². The molecule has 3 aromatic rings. The van der Waals surface area contributed by atoms with Crippen molar-refractivity contribution in [3.8, 4) is 0 Å². The number of fused-ring (bicyclic) bond motifs is 2. The van der Waals surface area contributed by atoms with Crippen LogP contribution in [0.4, 0.5) is 0 Å². The number of furan rings is 1. The fourth-order valence-electron chi connectivity index (χ4n) is 2.38. The molecule has 19 heavy (non-hydrogen) atoms. The summed E-state index contributed by atoms with van der Waals surface area (Å²) in [6.07, 6.45) is 5.58. The van der Waals surface area contributed by atoms with E-state index in [0.29, 0.717) is 6.54 Å². The molecule has 1 heterocycles. The summed E-state index contributed by atoms with van der Waals surface area (Å²) in [7, 11) is 0. The van der Waals surface area contributed by atoms with E-state index in [4.69, 9.17) is 10.2 Å².